The van der Waals surface area contributed by atoms with Crippen LogP contribution in [0.3, 0.4) is 0 Å². The van der Waals surface area contributed by atoms with Gasteiger partial charge < -0.3 is 10.5 Å². The van der Waals surface area contributed by atoms with Crippen LogP contribution >= 0.6 is 0 Å². The number of halogens is 2. The number of aromatic nitrogens is 3. The molecule has 0 aliphatic heterocycles. The molecule has 0 aliphatic carbocycles. The van der Waals surface area contributed by atoms with Gasteiger partial charge in [-0.15, -0.1) is 0 Å². The number of nitrogen functional groups attached to an aromatic ring is 1. The van der Waals surface area contributed by atoms with Crippen molar-refractivity contribution in [1.29, 1.82) is 0 Å². The molecule has 2 heterocycles. The van der Waals surface area contributed by atoms with Gasteiger partial charge in [-0.2, -0.15) is 5.10 Å². The van der Waals surface area contributed by atoms with Crippen LogP contribution in [-0.2, 0) is 7.05 Å². The van der Waals surface area contributed by atoms with Gasteiger partial charge in [-0.25, -0.2) is 8.78 Å². The lowest BCUT2D eigenvalue weighted by atomic mass is 10.1. The highest BCUT2D eigenvalue weighted by Gasteiger charge is 2.14. The number of hydrogen-bond donors (Lipinski definition) is 1. The van der Waals surface area contributed by atoms with Crippen molar-refractivity contribution in [1.82, 2.24) is 14.8 Å². The maximum Gasteiger partial charge on any atom is 0.167 e. The number of nitrogens with zero attached hydrogens (tertiary/aromatic N) is 3. The SMILES string of the molecule is Cn1cc(-c2cnccc2Oc2cc(F)c(N)cc2F)cn1. The van der Waals surface area contributed by atoms with Gasteiger partial charge in [-0.05, 0) is 6.07 Å². The van der Waals surface area contributed by atoms with Crippen molar-refractivity contribution < 1.29 is 13.5 Å². The number of anilines is 1. The topological polar surface area (TPSA) is 66.0 Å². The van der Waals surface area contributed by atoms with E-state index in [2.05, 4.69) is 10.1 Å². The summed E-state index contributed by atoms with van der Waals surface area (Å²) in [5.74, 6) is -1.39. The Bertz CT molecular complexity index is 832. The van der Waals surface area contributed by atoms with E-state index >= 15 is 0 Å². The van der Waals surface area contributed by atoms with E-state index in [0.717, 1.165) is 17.7 Å². The minimum absolute atomic E-state index is 0.247. The minimum atomic E-state index is -0.743. The number of nitrogens with two attached hydrogens (primary N) is 1. The molecule has 7 heteroatoms. The van der Waals surface area contributed by atoms with Crippen LogP contribution in [0, 0.1) is 11.6 Å². The van der Waals surface area contributed by atoms with Crippen LogP contribution in [0.5, 0.6) is 11.5 Å². The normalized spacial score (nSPS) is 10.7. The smallest absolute Gasteiger partial charge is 0.167 e. The molecule has 0 bridgehead atoms. The average Bonchev–Trinajstić information content (AvgIpc) is 2.92. The van der Waals surface area contributed by atoms with Gasteiger partial charge in [0, 0.05) is 48.9 Å². The Kier molecular flexibility index (Phi) is 3.46. The molecular formula is C15H12F2N4O. The molecule has 2 aromatic heterocycles. The van der Waals surface area contributed by atoms with Gasteiger partial charge in [0.15, 0.2) is 11.6 Å². The largest absolute Gasteiger partial charge is 0.453 e. The number of aryl methyl sites for hydroxylation is 1. The van der Waals surface area contributed by atoms with Crippen LogP contribution in [0.15, 0.2) is 43.0 Å². The summed E-state index contributed by atoms with van der Waals surface area (Å²) in [7, 11) is 1.77. The monoisotopic (exact) mass is 302 g/mol. The molecule has 112 valence electrons. The first-order chi connectivity index (χ1) is 10.5. The Balaban J connectivity index is 2.02. The summed E-state index contributed by atoms with van der Waals surface area (Å²) in [5.41, 5.74) is 6.41. The predicted octanol–water partition coefficient (Wildman–Crippen LogP) is 3.13. The fourth-order valence-electron chi connectivity index (χ4n) is 1.99. The number of ether oxygens (including phenoxy) is 1. The molecule has 5 nitrogen and oxygen atoms in total. The standard InChI is InChI=1S/C15H12F2N4O/c1-21-8-9(6-20-21)10-7-19-3-2-14(10)22-15-5-11(16)13(18)4-12(15)17/h2-8H,18H2,1H3. The zero-order chi connectivity index (χ0) is 15.7. The molecule has 1 aromatic carbocycles. The lowest BCUT2D eigenvalue weighted by Gasteiger charge is -2.11. The van der Waals surface area contributed by atoms with Crippen LogP contribution in [0.1, 0.15) is 0 Å². The molecule has 0 amide bonds. The number of rotatable bonds is 3. The van der Waals surface area contributed by atoms with E-state index < -0.39 is 11.6 Å². The fraction of sp³-hybridized carbons (Fsp3) is 0.0667. The first-order valence-corrected chi connectivity index (χ1v) is 6.40. The first-order valence-electron chi connectivity index (χ1n) is 6.40. The van der Waals surface area contributed by atoms with Crippen molar-refractivity contribution in [2.45, 2.75) is 0 Å². The summed E-state index contributed by atoms with van der Waals surface area (Å²) in [6, 6.07) is 3.36. The zero-order valence-corrected chi connectivity index (χ0v) is 11.6. The highest BCUT2D eigenvalue weighted by molar-refractivity contribution is 5.68. The van der Waals surface area contributed by atoms with Gasteiger partial charge in [-0.3, -0.25) is 9.67 Å². The summed E-state index contributed by atoms with van der Waals surface area (Å²) in [6.45, 7) is 0. The Hall–Kier alpha value is -2.96. The van der Waals surface area contributed by atoms with Crippen molar-refractivity contribution >= 4 is 5.69 Å². The van der Waals surface area contributed by atoms with Crippen LogP contribution in [0.2, 0.25) is 0 Å². The second-order valence-corrected chi connectivity index (χ2v) is 4.68. The molecule has 0 saturated carbocycles. The van der Waals surface area contributed by atoms with Crippen LogP contribution < -0.4 is 10.5 Å². The van der Waals surface area contributed by atoms with Gasteiger partial charge in [0.1, 0.15) is 11.6 Å². The quantitative estimate of drug-likeness (QED) is 0.755. The molecule has 3 rings (SSSR count). The van der Waals surface area contributed by atoms with Gasteiger partial charge in [-0.1, -0.05) is 0 Å². The molecule has 0 unspecified atom stereocenters. The molecule has 22 heavy (non-hydrogen) atoms. The van der Waals surface area contributed by atoms with Crippen molar-refractivity contribution in [3.8, 4) is 22.6 Å². The number of pyridine rings is 1. The van der Waals surface area contributed by atoms with Gasteiger partial charge in [0.2, 0.25) is 0 Å². The van der Waals surface area contributed by atoms with E-state index in [4.69, 9.17) is 10.5 Å². The number of benzene rings is 1. The summed E-state index contributed by atoms with van der Waals surface area (Å²) >= 11 is 0. The molecular weight excluding hydrogens is 290 g/mol. The zero-order valence-electron chi connectivity index (χ0n) is 11.6. The van der Waals surface area contributed by atoms with E-state index in [9.17, 15) is 8.78 Å². The Morgan fingerprint density at radius 2 is 1.95 bits per heavy atom. The lowest BCUT2D eigenvalue weighted by molar-refractivity contribution is 0.438. The molecule has 0 fully saturated rings. The lowest BCUT2D eigenvalue weighted by Crippen LogP contribution is -1.96. The van der Waals surface area contributed by atoms with Gasteiger partial charge >= 0.3 is 0 Å². The number of hydrogen-bond acceptors (Lipinski definition) is 4. The van der Waals surface area contributed by atoms with Crippen LogP contribution in [0.4, 0.5) is 14.5 Å². The summed E-state index contributed by atoms with van der Waals surface area (Å²) in [6.07, 6.45) is 6.46. The van der Waals surface area contributed by atoms with Crippen molar-refractivity contribution in [2.24, 2.45) is 7.05 Å². The summed E-state index contributed by atoms with van der Waals surface area (Å²) in [5, 5.41) is 4.07. The molecule has 0 radical (unpaired) electrons. The van der Waals surface area contributed by atoms with Crippen LogP contribution in [0.25, 0.3) is 11.1 Å². The highest BCUT2D eigenvalue weighted by Crippen LogP contribution is 2.34. The second-order valence-electron chi connectivity index (χ2n) is 4.68. The van der Waals surface area contributed by atoms with Crippen molar-refractivity contribution in [3.63, 3.8) is 0 Å². The van der Waals surface area contributed by atoms with Crippen molar-refractivity contribution in [2.75, 3.05) is 5.73 Å². The van der Waals surface area contributed by atoms with E-state index in [0.29, 0.717) is 11.3 Å². The third-order valence-corrected chi connectivity index (χ3v) is 3.07. The summed E-state index contributed by atoms with van der Waals surface area (Å²) in [4.78, 5) is 4.02. The highest BCUT2D eigenvalue weighted by atomic mass is 19.1. The van der Waals surface area contributed by atoms with E-state index in [1.807, 2.05) is 0 Å². The molecule has 0 atom stereocenters. The van der Waals surface area contributed by atoms with Gasteiger partial charge in [0.05, 0.1) is 11.9 Å². The molecule has 2 N–H and O–H groups in total. The third kappa shape index (κ3) is 2.60. The predicted molar refractivity (Wildman–Crippen MR) is 77.3 cm³/mol. The maximum atomic E-state index is 13.9. The fourth-order valence-corrected chi connectivity index (χ4v) is 1.99. The second kappa shape index (κ2) is 5.44. The Morgan fingerprint density at radius 1 is 1.14 bits per heavy atom. The van der Waals surface area contributed by atoms with E-state index in [-0.39, 0.29) is 11.4 Å². The van der Waals surface area contributed by atoms with Crippen LogP contribution in [-0.4, -0.2) is 14.8 Å². The maximum absolute atomic E-state index is 13.9. The molecule has 0 aliphatic rings. The minimum Gasteiger partial charge on any atom is -0.453 e. The van der Waals surface area contributed by atoms with E-state index in [1.165, 1.54) is 6.20 Å². The average molecular weight is 302 g/mol. The molecule has 0 spiro atoms. The molecule has 3 aromatic rings. The van der Waals surface area contributed by atoms with Crippen molar-refractivity contribution in [3.05, 3.63) is 54.6 Å². The Morgan fingerprint density at radius 3 is 2.68 bits per heavy atom. The van der Waals surface area contributed by atoms with E-state index in [1.54, 1.807) is 36.4 Å². The van der Waals surface area contributed by atoms with Gasteiger partial charge in [0.25, 0.3) is 0 Å². The molecule has 0 saturated heterocycles. The first kappa shape index (κ1) is 14.0. The summed E-state index contributed by atoms with van der Waals surface area (Å²) < 4.78 is 34.5. The third-order valence-electron chi connectivity index (χ3n) is 3.07. The Labute approximate surface area is 125 Å².